The van der Waals surface area contributed by atoms with Gasteiger partial charge >= 0.3 is 0 Å². The summed E-state index contributed by atoms with van der Waals surface area (Å²) in [5, 5.41) is 20.2. The molecule has 0 saturated carbocycles. The monoisotopic (exact) mass is 252 g/mol. The Morgan fingerprint density at radius 1 is 1.44 bits per heavy atom. The maximum Gasteiger partial charge on any atom is 0.160 e. The summed E-state index contributed by atoms with van der Waals surface area (Å²) in [6.45, 7) is 0.917. The third-order valence-electron chi connectivity index (χ3n) is 2.60. The van der Waals surface area contributed by atoms with E-state index in [-0.39, 0.29) is 0 Å². The van der Waals surface area contributed by atoms with E-state index in [9.17, 15) is 5.11 Å². The average molecular weight is 252 g/mol. The van der Waals surface area contributed by atoms with Crippen molar-refractivity contribution in [2.45, 2.75) is 12.5 Å². The van der Waals surface area contributed by atoms with Crippen molar-refractivity contribution in [3.63, 3.8) is 0 Å². The number of ether oxygens (including phenoxy) is 1. The smallest absolute Gasteiger partial charge is 0.160 e. The van der Waals surface area contributed by atoms with Crippen LogP contribution in [0.1, 0.15) is 6.42 Å². The Bertz CT molecular complexity index is 514. The summed E-state index contributed by atoms with van der Waals surface area (Å²) >= 11 is 0. The summed E-state index contributed by atoms with van der Waals surface area (Å²) in [5.41, 5.74) is 8.18. The molecular formula is C11H16N4O3. The van der Waals surface area contributed by atoms with Gasteiger partial charge in [-0.05, 0) is 28.9 Å². The summed E-state index contributed by atoms with van der Waals surface area (Å²) in [4.78, 5) is 0. The SMILES string of the molecule is COCC(O)CCNc1ccc(N)c2nonc12. The van der Waals surface area contributed by atoms with Crippen LogP contribution >= 0.6 is 0 Å². The molecule has 2 aromatic rings. The zero-order valence-electron chi connectivity index (χ0n) is 10.1. The van der Waals surface area contributed by atoms with E-state index in [2.05, 4.69) is 20.3 Å². The molecule has 1 aromatic carbocycles. The second-order valence-corrected chi connectivity index (χ2v) is 3.99. The Morgan fingerprint density at radius 2 is 2.22 bits per heavy atom. The predicted molar refractivity (Wildman–Crippen MR) is 67.2 cm³/mol. The van der Waals surface area contributed by atoms with Crippen molar-refractivity contribution in [2.75, 3.05) is 31.3 Å². The quantitative estimate of drug-likeness (QED) is 0.647. The first-order valence-electron chi connectivity index (χ1n) is 5.64. The first-order valence-corrected chi connectivity index (χ1v) is 5.64. The van der Waals surface area contributed by atoms with Crippen LogP contribution in [0.5, 0.6) is 0 Å². The maximum atomic E-state index is 9.51. The van der Waals surface area contributed by atoms with Crippen molar-refractivity contribution in [3.8, 4) is 0 Å². The molecule has 0 saturated heterocycles. The summed E-state index contributed by atoms with van der Waals surface area (Å²) in [6.07, 6.45) is 0.0903. The van der Waals surface area contributed by atoms with E-state index in [1.165, 1.54) is 0 Å². The van der Waals surface area contributed by atoms with E-state index in [1.807, 2.05) is 6.07 Å². The minimum Gasteiger partial charge on any atom is -0.397 e. The normalized spacial score (nSPS) is 12.8. The number of aliphatic hydroxyl groups excluding tert-OH is 1. The molecular weight excluding hydrogens is 236 g/mol. The first-order chi connectivity index (χ1) is 8.72. The Labute approximate surface area is 104 Å². The number of hydrogen-bond donors (Lipinski definition) is 3. The number of rotatable bonds is 6. The van der Waals surface area contributed by atoms with Gasteiger partial charge in [-0.3, -0.25) is 0 Å². The molecule has 0 radical (unpaired) electrons. The summed E-state index contributed by atoms with van der Waals surface area (Å²) < 4.78 is 9.51. The number of nitrogens with one attached hydrogen (secondary N) is 1. The lowest BCUT2D eigenvalue weighted by Gasteiger charge is -2.11. The molecule has 1 aromatic heterocycles. The van der Waals surface area contributed by atoms with E-state index in [0.717, 1.165) is 5.69 Å². The van der Waals surface area contributed by atoms with Gasteiger partial charge < -0.3 is 20.9 Å². The lowest BCUT2D eigenvalue weighted by Crippen LogP contribution is -2.18. The molecule has 98 valence electrons. The van der Waals surface area contributed by atoms with Gasteiger partial charge in [0.15, 0.2) is 11.0 Å². The topological polar surface area (TPSA) is 106 Å². The fraction of sp³-hybridized carbons (Fsp3) is 0.455. The second kappa shape index (κ2) is 5.65. The molecule has 1 heterocycles. The lowest BCUT2D eigenvalue weighted by molar-refractivity contribution is 0.0615. The molecule has 1 atom stereocenters. The molecule has 2 rings (SSSR count). The third-order valence-corrected chi connectivity index (χ3v) is 2.60. The van der Waals surface area contributed by atoms with E-state index < -0.39 is 6.10 Å². The molecule has 0 bridgehead atoms. The van der Waals surface area contributed by atoms with Crippen LogP contribution in [0, 0.1) is 0 Å². The van der Waals surface area contributed by atoms with Gasteiger partial charge in [-0.15, -0.1) is 0 Å². The number of methoxy groups -OCH3 is 1. The summed E-state index contributed by atoms with van der Waals surface area (Å²) in [5.74, 6) is 0. The minimum atomic E-state index is -0.484. The van der Waals surface area contributed by atoms with Crippen LogP contribution in [0.25, 0.3) is 11.0 Å². The van der Waals surface area contributed by atoms with Crippen LogP contribution in [0.2, 0.25) is 0 Å². The number of fused-ring (bicyclic) bond motifs is 1. The lowest BCUT2D eigenvalue weighted by atomic mass is 10.2. The van der Waals surface area contributed by atoms with Crippen molar-refractivity contribution in [3.05, 3.63) is 12.1 Å². The van der Waals surface area contributed by atoms with Gasteiger partial charge in [0.2, 0.25) is 0 Å². The van der Waals surface area contributed by atoms with Gasteiger partial charge in [-0.2, -0.15) is 0 Å². The summed E-state index contributed by atoms with van der Waals surface area (Å²) in [7, 11) is 1.56. The molecule has 18 heavy (non-hydrogen) atoms. The fourth-order valence-corrected chi connectivity index (χ4v) is 1.68. The maximum absolute atomic E-state index is 9.51. The molecule has 0 fully saturated rings. The predicted octanol–water partition coefficient (Wildman–Crippen LogP) is 0.614. The van der Waals surface area contributed by atoms with Crippen molar-refractivity contribution >= 4 is 22.4 Å². The van der Waals surface area contributed by atoms with E-state index >= 15 is 0 Å². The Morgan fingerprint density at radius 3 is 3.00 bits per heavy atom. The van der Waals surface area contributed by atoms with Crippen molar-refractivity contribution < 1.29 is 14.5 Å². The molecule has 1 unspecified atom stereocenters. The first kappa shape index (κ1) is 12.6. The van der Waals surface area contributed by atoms with Crippen molar-refractivity contribution in [1.82, 2.24) is 10.3 Å². The molecule has 0 aliphatic carbocycles. The molecule has 7 nitrogen and oxygen atoms in total. The summed E-state index contributed by atoms with van der Waals surface area (Å²) in [6, 6.07) is 3.55. The highest BCUT2D eigenvalue weighted by Crippen LogP contribution is 2.24. The van der Waals surface area contributed by atoms with Gasteiger partial charge in [0.1, 0.15) is 0 Å². The number of hydrogen-bond acceptors (Lipinski definition) is 7. The zero-order chi connectivity index (χ0) is 13.0. The highest BCUT2D eigenvalue weighted by atomic mass is 16.6. The van der Waals surface area contributed by atoms with Gasteiger partial charge in [-0.25, -0.2) is 4.63 Å². The van der Waals surface area contributed by atoms with E-state index in [1.54, 1.807) is 13.2 Å². The van der Waals surface area contributed by atoms with Crippen molar-refractivity contribution in [1.29, 1.82) is 0 Å². The van der Waals surface area contributed by atoms with Crippen LogP contribution in [0.3, 0.4) is 0 Å². The van der Waals surface area contributed by atoms with Crippen LogP contribution in [-0.4, -0.2) is 41.8 Å². The third kappa shape index (κ3) is 2.69. The Kier molecular flexibility index (Phi) is 3.96. The molecule has 0 amide bonds. The number of nitrogen functional groups attached to an aromatic ring is 1. The molecule has 0 spiro atoms. The largest absolute Gasteiger partial charge is 0.397 e. The highest BCUT2D eigenvalue weighted by molar-refractivity contribution is 5.94. The van der Waals surface area contributed by atoms with E-state index in [0.29, 0.717) is 36.3 Å². The van der Waals surface area contributed by atoms with Gasteiger partial charge in [0.25, 0.3) is 0 Å². The van der Waals surface area contributed by atoms with Crippen LogP contribution in [0.15, 0.2) is 16.8 Å². The van der Waals surface area contributed by atoms with Crippen LogP contribution in [0.4, 0.5) is 11.4 Å². The number of aliphatic hydroxyl groups is 1. The number of benzene rings is 1. The van der Waals surface area contributed by atoms with Gasteiger partial charge in [-0.1, -0.05) is 0 Å². The zero-order valence-corrected chi connectivity index (χ0v) is 10.1. The number of anilines is 2. The fourth-order valence-electron chi connectivity index (χ4n) is 1.68. The van der Waals surface area contributed by atoms with E-state index in [4.69, 9.17) is 10.5 Å². The standard InChI is InChI=1S/C11H16N4O3/c1-17-6-7(16)4-5-13-9-3-2-8(12)10-11(9)15-18-14-10/h2-3,7,13,16H,4-6,12H2,1H3. The molecule has 0 aliphatic heterocycles. The molecule has 0 aliphatic rings. The Hall–Kier alpha value is -1.86. The highest BCUT2D eigenvalue weighted by Gasteiger charge is 2.10. The molecule has 7 heteroatoms. The number of nitrogens with zero attached hydrogens (tertiary/aromatic N) is 2. The van der Waals surface area contributed by atoms with Gasteiger partial charge in [0, 0.05) is 13.7 Å². The van der Waals surface area contributed by atoms with Crippen LogP contribution in [-0.2, 0) is 4.74 Å². The number of nitrogens with two attached hydrogens (primary N) is 1. The van der Waals surface area contributed by atoms with Gasteiger partial charge in [0.05, 0.1) is 24.1 Å². The molecule has 4 N–H and O–H groups in total. The average Bonchev–Trinajstić information content (AvgIpc) is 2.82. The second-order valence-electron chi connectivity index (χ2n) is 3.99. The number of aromatic nitrogens is 2. The minimum absolute atomic E-state index is 0.324. The van der Waals surface area contributed by atoms with Crippen LogP contribution < -0.4 is 11.1 Å². The van der Waals surface area contributed by atoms with Crippen molar-refractivity contribution in [2.24, 2.45) is 0 Å². The Balaban J connectivity index is 2.00.